The first-order valence-electron chi connectivity index (χ1n) is 10.1. The summed E-state index contributed by atoms with van der Waals surface area (Å²) in [5, 5.41) is 13.6. The molecule has 1 aliphatic rings. The number of aryl methyl sites for hydroxylation is 1. The first-order valence-corrected chi connectivity index (χ1v) is 10.5. The number of ether oxygens (including phenoxy) is 1. The summed E-state index contributed by atoms with van der Waals surface area (Å²) in [6.07, 6.45) is 2.46. The summed E-state index contributed by atoms with van der Waals surface area (Å²) >= 11 is 5.69. The van der Waals surface area contributed by atoms with Gasteiger partial charge in [0.05, 0.1) is 24.9 Å². The Kier molecular flexibility index (Phi) is 6.01. The maximum atomic E-state index is 9.42. The molecule has 156 valence electrons. The van der Waals surface area contributed by atoms with Crippen molar-refractivity contribution in [3.63, 3.8) is 0 Å². The predicted molar refractivity (Wildman–Crippen MR) is 121 cm³/mol. The standard InChI is InChI=1S/C23H26N4O2S/c1-16-7-12-20(27(16)17-8-10-18(29-2)11-9-17)22-21(19-6-3-4-13-24-19)25-23(30)26(22)14-5-15-28/h3-4,6-13,21-22,28H,5,14-15H2,1-2H3,(H,25,30)/t21-,22+/m0/s1. The van der Waals surface area contributed by atoms with Gasteiger partial charge in [0, 0.05) is 36.4 Å². The van der Waals surface area contributed by atoms with Crippen LogP contribution < -0.4 is 10.1 Å². The van der Waals surface area contributed by atoms with Crippen molar-refractivity contribution in [2.75, 3.05) is 20.3 Å². The Balaban J connectivity index is 1.81. The Morgan fingerprint density at radius 2 is 1.93 bits per heavy atom. The van der Waals surface area contributed by atoms with Gasteiger partial charge in [-0.2, -0.15) is 0 Å². The Labute approximate surface area is 182 Å². The highest BCUT2D eigenvalue weighted by atomic mass is 32.1. The quantitative estimate of drug-likeness (QED) is 0.568. The molecule has 0 radical (unpaired) electrons. The molecule has 1 aromatic carbocycles. The van der Waals surface area contributed by atoms with Crippen LogP contribution in [0.15, 0.2) is 60.8 Å². The second-order valence-electron chi connectivity index (χ2n) is 7.33. The van der Waals surface area contributed by atoms with E-state index in [9.17, 15) is 5.11 Å². The van der Waals surface area contributed by atoms with Gasteiger partial charge in [-0.25, -0.2) is 0 Å². The second-order valence-corrected chi connectivity index (χ2v) is 7.72. The molecule has 1 aliphatic heterocycles. The molecule has 30 heavy (non-hydrogen) atoms. The molecule has 0 saturated carbocycles. The first kappa shape index (κ1) is 20.4. The third kappa shape index (κ3) is 3.78. The minimum Gasteiger partial charge on any atom is -0.497 e. The van der Waals surface area contributed by atoms with Crippen molar-refractivity contribution >= 4 is 17.3 Å². The number of pyridine rings is 1. The van der Waals surface area contributed by atoms with Crippen molar-refractivity contribution < 1.29 is 9.84 Å². The van der Waals surface area contributed by atoms with E-state index in [1.807, 2.05) is 30.3 Å². The third-order valence-electron chi connectivity index (χ3n) is 5.49. The summed E-state index contributed by atoms with van der Waals surface area (Å²) in [4.78, 5) is 6.76. The zero-order valence-electron chi connectivity index (χ0n) is 17.2. The average Bonchev–Trinajstić information content (AvgIpc) is 3.32. The van der Waals surface area contributed by atoms with Crippen LogP contribution in [-0.4, -0.2) is 44.9 Å². The molecule has 0 unspecified atom stereocenters. The number of rotatable bonds is 7. The number of benzene rings is 1. The van der Waals surface area contributed by atoms with E-state index in [-0.39, 0.29) is 18.7 Å². The van der Waals surface area contributed by atoms with E-state index in [1.54, 1.807) is 13.3 Å². The van der Waals surface area contributed by atoms with Crippen LogP contribution >= 0.6 is 12.2 Å². The second kappa shape index (κ2) is 8.85. The summed E-state index contributed by atoms with van der Waals surface area (Å²) in [7, 11) is 1.67. The Hall–Kier alpha value is -2.90. The molecule has 0 spiro atoms. The van der Waals surface area contributed by atoms with Crippen LogP contribution in [-0.2, 0) is 0 Å². The zero-order valence-corrected chi connectivity index (χ0v) is 18.0. The molecule has 6 nitrogen and oxygen atoms in total. The lowest BCUT2D eigenvalue weighted by Gasteiger charge is -2.29. The highest BCUT2D eigenvalue weighted by Crippen LogP contribution is 2.40. The Bertz CT molecular complexity index is 1000. The van der Waals surface area contributed by atoms with Crippen molar-refractivity contribution in [1.82, 2.24) is 19.8 Å². The molecule has 1 saturated heterocycles. The highest BCUT2D eigenvalue weighted by molar-refractivity contribution is 7.80. The number of hydrogen-bond donors (Lipinski definition) is 2. The SMILES string of the molecule is COc1ccc(-n2c(C)ccc2[C@@H]2[C@H](c3ccccn3)NC(=S)N2CCCO)cc1. The van der Waals surface area contributed by atoms with E-state index in [2.05, 4.69) is 51.0 Å². The minimum atomic E-state index is -0.0799. The largest absolute Gasteiger partial charge is 0.497 e. The van der Waals surface area contributed by atoms with Gasteiger partial charge >= 0.3 is 0 Å². The molecule has 2 N–H and O–H groups in total. The summed E-state index contributed by atoms with van der Waals surface area (Å²) in [5.41, 5.74) is 4.26. The van der Waals surface area contributed by atoms with Gasteiger partial charge in [0.15, 0.2) is 5.11 Å². The molecule has 0 bridgehead atoms. The predicted octanol–water partition coefficient (Wildman–Crippen LogP) is 3.54. The third-order valence-corrected chi connectivity index (χ3v) is 5.85. The maximum absolute atomic E-state index is 9.42. The molecule has 3 aromatic rings. The fourth-order valence-electron chi connectivity index (χ4n) is 4.08. The molecular weight excluding hydrogens is 396 g/mol. The van der Waals surface area contributed by atoms with Crippen LogP contribution in [0.4, 0.5) is 0 Å². The summed E-state index contributed by atoms with van der Waals surface area (Å²) in [6.45, 7) is 2.89. The maximum Gasteiger partial charge on any atom is 0.170 e. The number of aliphatic hydroxyl groups is 1. The lowest BCUT2D eigenvalue weighted by Crippen LogP contribution is -2.32. The first-order chi connectivity index (χ1) is 14.6. The Morgan fingerprint density at radius 1 is 1.13 bits per heavy atom. The van der Waals surface area contributed by atoms with Gasteiger partial charge in [0.25, 0.3) is 0 Å². The van der Waals surface area contributed by atoms with Crippen molar-refractivity contribution in [2.45, 2.75) is 25.4 Å². The smallest absolute Gasteiger partial charge is 0.170 e. The van der Waals surface area contributed by atoms with Crippen LogP contribution in [0, 0.1) is 6.92 Å². The van der Waals surface area contributed by atoms with Gasteiger partial charge in [-0.1, -0.05) is 6.07 Å². The van der Waals surface area contributed by atoms with Crippen molar-refractivity contribution in [3.8, 4) is 11.4 Å². The van der Waals surface area contributed by atoms with Gasteiger partial charge in [0.2, 0.25) is 0 Å². The van der Waals surface area contributed by atoms with Crippen molar-refractivity contribution in [3.05, 3.63) is 77.9 Å². The molecule has 7 heteroatoms. The van der Waals surface area contributed by atoms with Crippen LogP contribution in [0.5, 0.6) is 5.75 Å². The van der Waals surface area contributed by atoms with E-state index in [4.69, 9.17) is 17.0 Å². The van der Waals surface area contributed by atoms with Crippen LogP contribution in [0.3, 0.4) is 0 Å². The average molecular weight is 423 g/mol. The van der Waals surface area contributed by atoms with Crippen molar-refractivity contribution in [1.29, 1.82) is 0 Å². The summed E-state index contributed by atoms with van der Waals surface area (Å²) in [6, 6.07) is 18.1. The van der Waals surface area contributed by atoms with Crippen LogP contribution in [0.2, 0.25) is 0 Å². The molecule has 4 rings (SSSR count). The van der Waals surface area contributed by atoms with E-state index < -0.39 is 0 Å². The lowest BCUT2D eigenvalue weighted by atomic mass is 10.0. The van der Waals surface area contributed by atoms with E-state index >= 15 is 0 Å². The number of methoxy groups -OCH3 is 1. The number of nitrogens with zero attached hydrogens (tertiary/aromatic N) is 3. The number of aromatic nitrogens is 2. The topological polar surface area (TPSA) is 62.5 Å². The van der Waals surface area contributed by atoms with Crippen molar-refractivity contribution in [2.24, 2.45) is 0 Å². The zero-order chi connectivity index (χ0) is 21.1. The lowest BCUT2D eigenvalue weighted by molar-refractivity contribution is 0.244. The number of hydrogen-bond acceptors (Lipinski definition) is 4. The summed E-state index contributed by atoms with van der Waals surface area (Å²) < 4.78 is 7.57. The number of thiocarbonyl (C=S) groups is 1. The number of nitrogens with one attached hydrogen (secondary N) is 1. The van der Waals surface area contributed by atoms with Gasteiger partial charge in [-0.15, -0.1) is 0 Å². The fraction of sp³-hybridized carbons (Fsp3) is 0.304. The van der Waals surface area contributed by atoms with Crippen LogP contribution in [0.25, 0.3) is 5.69 Å². The highest BCUT2D eigenvalue weighted by Gasteiger charge is 2.41. The molecule has 3 heterocycles. The monoisotopic (exact) mass is 422 g/mol. The normalized spacial score (nSPS) is 18.5. The van der Waals surface area contributed by atoms with Crippen LogP contribution in [0.1, 0.15) is 35.6 Å². The van der Waals surface area contributed by atoms with Gasteiger partial charge in [-0.05, 0) is 74.1 Å². The van der Waals surface area contributed by atoms with Gasteiger partial charge in [0.1, 0.15) is 5.75 Å². The molecular formula is C23H26N4O2S. The summed E-state index contributed by atoms with van der Waals surface area (Å²) in [5.74, 6) is 0.824. The molecule has 1 fully saturated rings. The molecule has 2 atom stereocenters. The molecule has 0 aliphatic carbocycles. The molecule has 2 aromatic heterocycles. The molecule has 0 amide bonds. The van der Waals surface area contributed by atoms with E-state index in [1.165, 1.54) is 0 Å². The fourth-order valence-corrected chi connectivity index (χ4v) is 4.41. The minimum absolute atomic E-state index is 0.0465. The van der Waals surface area contributed by atoms with Gasteiger partial charge in [-0.3, -0.25) is 4.98 Å². The van der Waals surface area contributed by atoms with Gasteiger partial charge < -0.3 is 24.6 Å². The van der Waals surface area contributed by atoms with E-state index in [0.717, 1.165) is 28.5 Å². The number of aliphatic hydroxyl groups excluding tert-OH is 1. The Morgan fingerprint density at radius 3 is 2.60 bits per heavy atom. The van der Waals surface area contributed by atoms with E-state index in [0.29, 0.717) is 18.1 Å².